The summed E-state index contributed by atoms with van der Waals surface area (Å²) < 4.78 is 1.73. The smallest absolute Gasteiger partial charge is 0.224 e. The van der Waals surface area contributed by atoms with Crippen molar-refractivity contribution in [3.05, 3.63) is 18.5 Å². The number of carbonyl (C=O) groups excluding carboxylic acids is 1. The zero-order chi connectivity index (χ0) is 12.0. The van der Waals surface area contributed by atoms with E-state index in [-0.39, 0.29) is 18.6 Å². The maximum atomic E-state index is 11.8. The minimum Gasteiger partial charge on any atom is -0.395 e. The average molecular weight is 225 g/mol. The Morgan fingerprint density at radius 3 is 2.81 bits per heavy atom. The van der Waals surface area contributed by atoms with Crippen molar-refractivity contribution >= 4 is 5.91 Å². The number of aliphatic hydroxyl groups is 1. The van der Waals surface area contributed by atoms with E-state index in [0.29, 0.717) is 19.5 Å². The molecule has 0 aliphatic carbocycles. The van der Waals surface area contributed by atoms with Gasteiger partial charge in [0.05, 0.1) is 6.61 Å². The number of amides is 1. The van der Waals surface area contributed by atoms with E-state index in [1.54, 1.807) is 15.8 Å². The Morgan fingerprint density at radius 1 is 1.56 bits per heavy atom. The van der Waals surface area contributed by atoms with E-state index in [0.717, 1.165) is 0 Å². The third kappa shape index (κ3) is 3.66. The van der Waals surface area contributed by atoms with Gasteiger partial charge in [0, 0.05) is 37.9 Å². The van der Waals surface area contributed by atoms with Gasteiger partial charge in [0.1, 0.15) is 0 Å². The van der Waals surface area contributed by atoms with Crippen LogP contribution in [-0.2, 0) is 11.3 Å². The fourth-order valence-electron chi connectivity index (χ4n) is 1.57. The lowest BCUT2D eigenvalue weighted by molar-refractivity contribution is -0.133. The molecule has 0 aliphatic rings. The quantitative estimate of drug-likeness (QED) is 0.767. The maximum Gasteiger partial charge on any atom is 0.224 e. The normalized spacial score (nSPS) is 10.8. The molecule has 0 atom stereocenters. The van der Waals surface area contributed by atoms with Gasteiger partial charge in [-0.05, 0) is 19.9 Å². The van der Waals surface area contributed by atoms with Gasteiger partial charge < -0.3 is 10.0 Å². The molecule has 1 rings (SSSR count). The Bertz CT molecular complexity index is 309. The van der Waals surface area contributed by atoms with Crippen LogP contribution in [0.25, 0.3) is 0 Å². The summed E-state index contributed by atoms with van der Waals surface area (Å²) >= 11 is 0. The number of aliphatic hydroxyl groups excluding tert-OH is 1. The van der Waals surface area contributed by atoms with Gasteiger partial charge in [-0.2, -0.15) is 5.10 Å². The maximum absolute atomic E-state index is 11.8. The molecule has 0 bridgehead atoms. The van der Waals surface area contributed by atoms with Gasteiger partial charge in [-0.3, -0.25) is 9.48 Å². The molecule has 1 aromatic rings. The summed E-state index contributed by atoms with van der Waals surface area (Å²) in [5, 5.41) is 12.9. The van der Waals surface area contributed by atoms with Gasteiger partial charge in [-0.1, -0.05) is 0 Å². The number of hydrogen-bond donors (Lipinski definition) is 1. The molecule has 0 unspecified atom stereocenters. The SMILES string of the molecule is CC(C)N(CCO)C(=O)CCn1cccn1. The molecular weight excluding hydrogens is 206 g/mol. The molecule has 1 N–H and O–H groups in total. The van der Waals surface area contributed by atoms with Crippen LogP contribution in [0.2, 0.25) is 0 Å². The summed E-state index contributed by atoms with van der Waals surface area (Å²) in [6, 6.07) is 1.95. The number of rotatable bonds is 6. The highest BCUT2D eigenvalue weighted by Crippen LogP contribution is 2.02. The van der Waals surface area contributed by atoms with Crippen molar-refractivity contribution in [1.82, 2.24) is 14.7 Å². The summed E-state index contributed by atoms with van der Waals surface area (Å²) in [7, 11) is 0. The molecule has 1 amide bonds. The largest absolute Gasteiger partial charge is 0.395 e. The fourth-order valence-corrected chi connectivity index (χ4v) is 1.57. The number of nitrogens with zero attached hydrogens (tertiary/aromatic N) is 3. The Balaban J connectivity index is 2.43. The van der Waals surface area contributed by atoms with Crippen molar-refractivity contribution < 1.29 is 9.90 Å². The number of hydrogen-bond acceptors (Lipinski definition) is 3. The first-order chi connectivity index (χ1) is 7.65. The highest BCUT2D eigenvalue weighted by Gasteiger charge is 2.15. The minimum absolute atomic E-state index is 0.00564. The molecule has 1 aromatic heterocycles. The van der Waals surface area contributed by atoms with Gasteiger partial charge >= 0.3 is 0 Å². The Labute approximate surface area is 95.7 Å². The van der Waals surface area contributed by atoms with Crippen molar-refractivity contribution in [2.75, 3.05) is 13.2 Å². The molecule has 90 valence electrons. The molecule has 5 nitrogen and oxygen atoms in total. The van der Waals surface area contributed by atoms with Crippen LogP contribution in [0, 0.1) is 0 Å². The Morgan fingerprint density at radius 2 is 2.31 bits per heavy atom. The lowest BCUT2D eigenvalue weighted by Gasteiger charge is -2.25. The van der Waals surface area contributed by atoms with Gasteiger partial charge in [-0.25, -0.2) is 0 Å². The number of aromatic nitrogens is 2. The summed E-state index contributed by atoms with van der Waals surface area (Å²) in [5.74, 6) is 0.0551. The lowest BCUT2D eigenvalue weighted by Crippen LogP contribution is -2.39. The van der Waals surface area contributed by atoms with Crippen molar-refractivity contribution in [1.29, 1.82) is 0 Å². The van der Waals surface area contributed by atoms with E-state index in [1.165, 1.54) is 0 Å². The lowest BCUT2D eigenvalue weighted by atomic mass is 10.2. The third-order valence-corrected chi connectivity index (χ3v) is 2.40. The predicted octanol–water partition coefficient (Wildman–Crippen LogP) is 0.502. The van der Waals surface area contributed by atoms with Gasteiger partial charge in [0.25, 0.3) is 0 Å². The van der Waals surface area contributed by atoms with Crippen LogP contribution in [0.5, 0.6) is 0 Å². The minimum atomic E-state index is 0.00564. The van der Waals surface area contributed by atoms with Crippen LogP contribution in [-0.4, -0.2) is 44.9 Å². The average Bonchev–Trinajstić information content (AvgIpc) is 2.75. The van der Waals surface area contributed by atoms with E-state index in [1.807, 2.05) is 26.1 Å². The Kier molecular flexibility index (Phi) is 4.98. The first-order valence-corrected chi connectivity index (χ1v) is 5.53. The second-order valence-corrected chi connectivity index (χ2v) is 3.92. The van der Waals surface area contributed by atoms with E-state index >= 15 is 0 Å². The molecule has 0 fully saturated rings. The molecule has 16 heavy (non-hydrogen) atoms. The molecule has 0 aromatic carbocycles. The van der Waals surface area contributed by atoms with Crippen molar-refractivity contribution in [3.63, 3.8) is 0 Å². The third-order valence-electron chi connectivity index (χ3n) is 2.40. The monoisotopic (exact) mass is 225 g/mol. The van der Waals surface area contributed by atoms with Crippen LogP contribution in [0.15, 0.2) is 18.5 Å². The molecule has 0 aliphatic heterocycles. The fraction of sp³-hybridized carbons (Fsp3) is 0.636. The Hall–Kier alpha value is -1.36. The van der Waals surface area contributed by atoms with Gasteiger partial charge in [-0.15, -0.1) is 0 Å². The molecule has 5 heteroatoms. The molecule has 1 heterocycles. The van der Waals surface area contributed by atoms with Crippen LogP contribution in [0.4, 0.5) is 0 Å². The van der Waals surface area contributed by atoms with Crippen molar-refractivity contribution in [2.24, 2.45) is 0 Å². The van der Waals surface area contributed by atoms with Crippen molar-refractivity contribution in [2.45, 2.75) is 32.9 Å². The highest BCUT2D eigenvalue weighted by atomic mass is 16.3. The van der Waals surface area contributed by atoms with E-state index in [2.05, 4.69) is 5.10 Å². The molecule has 0 radical (unpaired) electrons. The van der Waals surface area contributed by atoms with Crippen LogP contribution in [0.3, 0.4) is 0 Å². The van der Waals surface area contributed by atoms with E-state index in [4.69, 9.17) is 5.11 Å². The molecule has 0 saturated carbocycles. The van der Waals surface area contributed by atoms with Crippen LogP contribution in [0.1, 0.15) is 20.3 Å². The number of carbonyl (C=O) groups is 1. The molecule has 0 saturated heterocycles. The van der Waals surface area contributed by atoms with E-state index in [9.17, 15) is 4.79 Å². The summed E-state index contributed by atoms with van der Waals surface area (Å²) in [6.07, 6.45) is 3.94. The summed E-state index contributed by atoms with van der Waals surface area (Å²) in [5.41, 5.74) is 0. The second-order valence-electron chi connectivity index (χ2n) is 3.92. The second kappa shape index (κ2) is 6.27. The number of aryl methyl sites for hydroxylation is 1. The first kappa shape index (κ1) is 12.7. The summed E-state index contributed by atoms with van der Waals surface area (Å²) in [6.45, 7) is 4.88. The first-order valence-electron chi connectivity index (χ1n) is 5.53. The zero-order valence-corrected chi connectivity index (χ0v) is 9.83. The molecule has 0 spiro atoms. The summed E-state index contributed by atoms with van der Waals surface area (Å²) in [4.78, 5) is 13.5. The predicted molar refractivity (Wildman–Crippen MR) is 60.8 cm³/mol. The van der Waals surface area contributed by atoms with E-state index < -0.39 is 0 Å². The van der Waals surface area contributed by atoms with Gasteiger partial charge in [0.2, 0.25) is 5.91 Å². The van der Waals surface area contributed by atoms with Crippen molar-refractivity contribution in [3.8, 4) is 0 Å². The van der Waals surface area contributed by atoms with Crippen LogP contribution >= 0.6 is 0 Å². The standard InChI is InChI=1S/C11H19N3O2/c1-10(2)14(8-9-15)11(16)4-7-13-6-3-5-12-13/h3,5-6,10,15H,4,7-9H2,1-2H3. The highest BCUT2D eigenvalue weighted by molar-refractivity contribution is 5.76. The topological polar surface area (TPSA) is 58.4 Å². The molecular formula is C11H19N3O2. The zero-order valence-electron chi connectivity index (χ0n) is 9.83. The van der Waals surface area contributed by atoms with Gasteiger partial charge in [0.15, 0.2) is 0 Å². The van der Waals surface area contributed by atoms with Crippen LogP contribution < -0.4 is 0 Å².